The molecule has 0 saturated heterocycles. The fourth-order valence-corrected chi connectivity index (χ4v) is 4.11. The van der Waals surface area contributed by atoms with E-state index in [4.69, 9.17) is 10.5 Å². The summed E-state index contributed by atoms with van der Waals surface area (Å²) in [7, 11) is -1.63. The van der Waals surface area contributed by atoms with E-state index in [0.717, 1.165) is 5.56 Å². The van der Waals surface area contributed by atoms with Crippen LogP contribution in [0.1, 0.15) is 31.4 Å². The second kappa shape index (κ2) is 7.62. The third-order valence-electron chi connectivity index (χ3n) is 3.23. The van der Waals surface area contributed by atoms with Gasteiger partial charge in [0, 0.05) is 19.8 Å². The number of rotatable bonds is 8. The van der Waals surface area contributed by atoms with Crippen molar-refractivity contribution in [3.05, 3.63) is 35.9 Å². The van der Waals surface area contributed by atoms with E-state index in [2.05, 4.69) is 0 Å². The lowest BCUT2D eigenvalue weighted by Crippen LogP contribution is -2.35. The van der Waals surface area contributed by atoms with Crippen molar-refractivity contribution in [1.29, 1.82) is 0 Å². The lowest BCUT2D eigenvalue weighted by Gasteiger charge is -2.23. The Kier molecular flexibility index (Phi) is 6.48. The van der Waals surface area contributed by atoms with Crippen LogP contribution in [0.15, 0.2) is 30.3 Å². The van der Waals surface area contributed by atoms with E-state index >= 15 is 0 Å². The normalized spacial score (nSPS) is 15.1. The highest BCUT2D eigenvalue weighted by molar-refractivity contribution is 7.92. The minimum Gasteiger partial charge on any atom is -0.385 e. The van der Waals surface area contributed by atoms with Crippen molar-refractivity contribution in [2.45, 2.75) is 31.1 Å². The van der Waals surface area contributed by atoms with Gasteiger partial charge in [0.2, 0.25) is 0 Å². The van der Waals surface area contributed by atoms with Crippen molar-refractivity contribution in [3.8, 4) is 0 Å². The monoisotopic (exact) mass is 285 g/mol. The Morgan fingerprint density at radius 2 is 1.89 bits per heavy atom. The molecule has 0 bridgehead atoms. The molecule has 19 heavy (non-hydrogen) atoms. The molecule has 2 atom stereocenters. The lowest BCUT2D eigenvalue weighted by atomic mass is 10.0. The fourth-order valence-electron chi connectivity index (χ4n) is 2.18. The van der Waals surface area contributed by atoms with Gasteiger partial charge in [-0.1, -0.05) is 37.3 Å². The summed E-state index contributed by atoms with van der Waals surface area (Å²) in [5, 5.41) is -0.535. The topological polar surface area (TPSA) is 69.4 Å². The minimum absolute atomic E-state index is 0.125. The average molecular weight is 285 g/mol. The maximum Gasteiger partial charge on any atom is 0.155 e. The van der Waals surface area contributed by atoms with Crippen LogP contribution in [-0.2, 0) is 14.6 Å². The van der Waals surface area contributed by atoms with Crippen LogP contribution in [0.3, 0.4) is 0 Å². The van der Waals surface area contributed by atoms with Crippen LogP contribution in [0.25, 0.3) is 0 Å². The molecule has 0 aliphatic carbocycles. The van der Waals surface area contributed by atoms with E-state index in [-0.39, 0.29) is 5.75 Å². The first-order valence-corrected chi connectivity index (χ1v) is 8.25. The molecule has 2 N–H and O–H groups in total. The van der Waals surface area contributed by atoms with E-state index in [1.165, 1.54) is 0 Å². The van der Waals surface area contributed by atoms with Gasteiger partial charge in [-0.3, -0.25) is 0 Å². The SMILES string of the molecule is CCC(C(N)c1ccccc1)S(=O)(=O)CCCOC. The quantitative estimate of drug-likeness (QED) is 0.741. The largest absolute Gasteiger partial charge is 0.385 e. The molecule has 1 aromatic rings. The summed E-state index contributed by atoms with van der Waals surface area (Å²) in [6.07, 6.45) is 1.03. The molecule has 0 fully saturated rings. The number of ether oxygens (including phenoxy) is 1. The molecule has 0 amide bonds. The molecule has 4 nitrogen and oxygen atoms in total. The summed E-state index contributed by atoms with van der Waals surface area (Å²) in [5.41, 5.74) is 7.00. The molecule has 0 radical (unpaired) electrons. The van der Waals surface area contributed by atoms with E-state index in [1.807, 2.05) is 37.3 Å². The Labute approximate surface area is 115 Å². The Morgan fingerprint density at radius 3 is 2.42 bits per heavy atom. The Balaban J connectivity index is 2.82. The van der Waals surface area contributed by atoms with Gasteiger partial charge in [0.1, 0.15) is 0 Å². The van der Waals surface area contributed by atoms with Gasteiger partial charge in [0.25, 0.3) is 0 Å². The predicted octanol–water partition coefficient (Wildman–Crippen LogP) is 1.92. The van der Waals surface area contributed by atoms with Gasteiger partial charge in [-0.15, -0.1) is 0 Å². The molecule has 5 heteroatoms. The van der Waals surface area contributed by atoms with Crippen LogP contribution in [0, 0.1) is 0 Å². The standard InChI is InChI=1S/C14H23NO3S/c1-3-13(19(16,17)11-7-10-18-2)14(15)12-8-5-4-6-9-12/h4-6,8-9,13-14H,3,7,10-11,15H2,1-2H3. The number of methoxy groups -OCH3 is 1. The van der Waals surface area contributed by atoms with Crippen molar-refractivity contribution in [2.75, 3.05) is 19.5 Å². The van der Waals surface area contributed by atoms with E-state index in [0.29, 0.717) is 19.4 Å². The van der Waals surface area contributed by atoms with Crippen LogP contribution in [-0.4, -0.2) is 33.1 Å². The Hall–Kier alpha value is -0.910. The average Bonchev–Trinajstić information content (AvgIpc) is 2.40. The molecule has 0 aromatic heterocycles. The molecule has 1 rings (SSSR count). The first-order valence-electron chi connectivity index (χ1n) is 6.54. The second-order valence-corrected chi connectivity index (χ2v) is 6.94. The Morgan fingerprint density at radius 1 is 1.26 bits per heavy atom. The van der Waals surface area contributed by atoms with E-state index in [9.17, 15) is 8.42 Å². The Bertz CT molecular complexity index is 459. The molecule has 1 aromatic carbocycles. The van der Waals surface area contributed by atoms with Gasteiger partial charge < -0.3 is 10.5 Å². The van der Waals surface area contributed by atoms with Crippen molar-refractivity contribution < 1.29 is 13.2 Å². The van der Waals surface area contributed by atoms with Gasteiger partial charge in [0.15, 0.2) is 9.84 Å². The molecule has 0 heterocycles. The lowest BCUT2D eigenvalue weighted by molar-refractivity contribution is 0.199. The molecular formula is C14H23NO3S. The summed E-state index contributed by atoms with van der Waals surface area (Å²) < 4.78 is 29.5. The number of hydrogen-bond donors (Lipinski definition) is 1. The van der Waals surface area contributed by atoms with Gasteiger partial charge in [-0.25, -0.2) is 8.42 Å². The first-order chi connectivity index (χ1) is 9.03. The summed E-state index contributed by atoms with van der Waals surface area (Å²) in [5.74, 6) is 0.125. The second-order valence-electron chi connectivity index (χ2n) is 4.60. The van der Waals surface area contributed by atoms with Crippen LogP contribution in [0.2, 0.25) is 0 Å². The summed E-state index contributed by atoms with van der Waals surface area (Å²) in [6.45, 7) is 2.32. The smallest absolute Gasteiger partial charge is 0.155 e. The zero-order valence-electron chi connectivity index (χ0n) is 11.6. The number of hydrogen-bond acceptors (Lipinski definition) is 4. The maximum atomic E-state index is 12.3. The van der Waals surface area contributed by atoms with Crippen molar-refractivity contribution >= 4 is 9.84 Å². The number of nitrogens with two attached hydrogens (primary N) is 1. The molecule has 2 unspecified atom stereocenters. The number of benzene rings is 1. The van der Waals surface area contributed by atoms with E-state index < -0.39 is 21.1 Å². The summed E-state index contributed by atoms with van der Waals surface area (Å²) in [4.78, 5) is 0. The highest BCUT2D eigenvalue weighted by atomic mass is 32.2. The highest BCUT2D eigenvalue weighted by Crippen LogP contribution is 2.23. The van der Waals surface area contributed by atoms with Crippen LogP contribution < -0.4 is 5.73 Å². The third-order valence-corrected chi connectivity index (χ3v) is 5.63. The third kappa shape index (κ3) is 4.60. The van der Waals surface area contributed by atoms with E-state index in [1.54, 1.807) is 7.11 Å². The molecule has 108 valence electrons. The van der Waals surface area contributed by atoms with Crippen molar-refractivity contribution in [3.63, 3.8) is 0 Å². The minimum atomic E-state index is -3.20. The van der Waals surface area contributed by atoms with Gasteiger partial charge in [-0.05, 0) is 18.4 Å². The highest BCUT2D eigenvalue weighted by Gasteiger charge is 2.30. The molecule has 0 spiro atoms. The summed E-state index contributed by atoms with van der Waals surface area (Å²) >= 11 is 0. The van der Waals surface area contributed by atoms with Gasteiger partial charge in [0.05, 0.1) is 11.0 Å². The first kappa shape index (κ1) is 16.1. The van der Waals surface area contributed by atoms with Gasteiger partial charge >= 0.3 is 0 Å². The maximum absolute atomic E-state index is 12.3. The van der Waals surface area contributed by atoms with Gasteiger partial charge in [-0.2, -0.15) is 0 Å². The molecular weight excluding hydrogens is 262 g/mol. The van der Waals surface area contributed by atoms with Crippen LogP contribution in [0.4, 0.5) is 0 Å². The van der Waals surface area contributed by atoms with Crippen molar-refractivity contribution in [1.82, 2.24) is 0 Å². The zero-order valence-corrected chi connectivity index (χ0v) is 12.4. The molecule has 0 aliphatic heterocycles. The summed E-state index contributed by atoms with van der Waals surface area (Å²) in [6, 6.07) is 8.91. The van der Waals surface area contributed by atoms with Crippen molar-refractivity contribution in [2.24, 2.45) is 5.73 Å². The molecule has 0 saturated carbocycles. The molecule has 0 aliphatic rings. The fraction of sp³-hybridized carbons (Fsp3) is 0.571. The zero-order chi connectivity index (χ0) is 14.3. The van der Waals surface area contributed by atoms with Crippen LogP contribution >= 0.6 is 0 Å². The van der Waals surface area contributed by atoms with Crippen LogP contribution in [0.5, 0.6) is 0 Å². The number of sulfone groups is 1. The predicted molar refractivity (Wildman–Crippen MR) is 77.7 cm³/mol.